The van der Waals surface area contributed by atoms with Gasteiger partial charge in [0.25, 0.3) is 0 Å². The fourth-order valence-corrected chi connectivity index (χ4v) is 3.00. The number of ether oxygens (including phenoxy) is 1. The van der Waals surface area contributed by atoms with Gasteiger partial charge in [-0.3, -0.25) is 9.59 Å². The Labute approximate surface area is 146 Å². The number of anilines is 1. The summed E-state index contributed by atoms with van der Waals surface area (Å²) >= 11 is 0. The van der Waals surface area contributed by atoms with Crippen LogP contribution in [0.25, 0.3) is 0 Å². The quantitative estimate of drug-likeness (QED) is 0.732. The van der Waals surface area contributed by atoms with Crippen LogP contribution in [-0.4, -0.2) is 33.8 Å². The minimum Gasteiger partial charge on any atom is -0.497 e. The molecule has 0 aliphatic heterocycles. The molecule has 2 aromatic carbocycles. The summed E-state index contributed by atoms with van der Waals surface area (Å²) in [6.45, 7) is 0.989. The molecule has 0 aliphatic rings. The average molecular weight is 362 g/mol. The van der Waals surface area contributed by atoms with Gasteiger partial charge in [-0.25, -0.2) is 13.1 Å². The molecule has 0 aromatic heterocycles. The van der Waals surface area contributed by atoms with Crippen molar-refractivity contribution in [1.82, 2.24) is 4.72 Å². The first kappa shape index (κ1) is 18.6. The molecule has 2 rings (SSSR count). The molecular weight excluding hydrogens is 344 g/mol. The first-order chi connectivity index (χ1) is 11.8. The van der Waals surface area contributed by atoms with E-state index in [1.807, 2.05) is 0 Å². The van der Waals surface area contributed by atoms with E-state index in [-0.39, 0.29) is 10.7 Å². The Morgan fingerprint density at radius 1 is 1.08 bits per heavy atom. The van der Waals surface area contributed by atoms with Gasteiger partial charge in [-0.1, -0.05) is 12.1 Å². The first-order valence-electron chi connectivity index (χ1n) is 7.36. The fourth-order valence-electron chi connectivity index (χ4n) is 2.02. The molecule has 0 fully saturated rings. The Morgan fingerprint density at radius 2 is 1.76 bits per heavy atom. The number of amides is 1. The Balaban J connectivity index is 1.98. The highest BCUT2D eigenvalue weighted by Crippen LogP contribution is 2.15. The van der Waals surface area contributed by atoms with Gasteiger partial charge in [-0.2, -0.15) is 0 Å². The maximum absolute atomic E-state index is 12.2. The third-order valence-electron chi connectivity index (χ3n) is 3.35. The van der Waals surface area contributed by atoms with Gasteiger partial charge < -0.3 is 10.1 Å². The first-order valence-corrected chi connectivity index (χ1v) is 8.85. The number of ketones is 1. The van der Waals surface area contributed by atoms with Crippen LogP contribution in [0.1, 0.15) is 17.3 Å². The van der Waals surface area contributed by atoms with E-state index < -0.39 is 22.5 Å². The maximum Gasteiger partial charge on any atom is 0.241 e. The molecule has 25 heavy (non-hydrogen) atoms. The third kappa shape index (κ3) is 5.13. The van der Waals surface area contributed by atoms with Crippen molar-refractivity contribution in [2.24, 2.45) is 0 Å². The molecule has 0 atom stereocenters. The van der Waals surface area contributed by atoms with Gasteiger partial charge in [0, 0.05) is 11.3 Å². The zero-order chi connectivity index (χ0) is 18.4. The molecule has 0 saturated carbocycles. The number of carbonyl (C=O) groups excluding carboxylic acids is 2. The summed E-state index contributed by atoms with van der Waals surface area (Å²) in [4.78, 5) is 23.3. The van der Waals surface area contributed by atoms with Crippen molar-refractivity contribution in [3.8, 4) is 5.75 Å². The van der Waals surface area contributed by atoms with Crippen molar-refractivity contribution in [3.05, 3.63) is 54.1 Å². The zero-order valence-electron chi connectivity index (χ0n) is 13.8. The highest BCUT2D eigenvalue weighted by Gasteiger charge is 2.15. The molecule has 0 heterocycles. The van der Waals surface area contributed by atoms with Crippen molar-refractivity contribution in [1.29, 1.82) is 0 Å². The number of nitrogens with one attached hydrogen (secondary N) is 2. The lowest BCUT2D eigenvalue weighted by atomic mass is 10.1. The van der Waals surface area contributed by atoms with Gasteiger partial charge in [0.2, 0.25) is 15.9 Å². The van der Waals surface area contributed by atoms with Crippen LogP contribution in [0.5, 0.6) is 5.75 Å². The lowest BCUT2D eigenvalue weighted by molar-refractivity contribution is -0.115. The smallest absolute Gasteiger partial charge is 0.241 e. The summed E-state index contributed by atoms with van der Waals surface area (Å²) in [6, 6.07) is 12.2. The lowest BCUT2D eigenvalue weighted by Crippen LogP contribution is -2.32. The normalized spacial score (nSPS) is 11.0. The van der Waals surface area contributed by atoms with Crippen LogP contribution in [0.15, 0.2) is 53.4 Å². The number of rotatable bonds is 7. The predicted molar refractivity (Wildman–Crippen MR) is 93.3 cm³/mol. The predicted octanol–water partition coefficient (Wildman–Crippen LogP) is 1.81. The molecule has 7 nitrogen and oxygen atoms in total. The minimum absolute atomic E-state index is 0.0275. The van der Waals surface area contributed by atoms with Crippen LogP contribution in [0.3, 0.4) is 0 Å². The highest BCUT2D eigenvalue weighted by molar-refractivity contribution is 7.89. The SMILES string of the molecule is COc1ccc(S(=O)(=O)NCC(=O)Nc2cccc(C(C)=O)c2)cc1. The summed E-state index contributed by atoms with van der Waals surface area (Å²) in [5, 5.41) is 2.54. The Morgan fingerprint density at radius 3 is 2.36 bits per heavy atom. The van der Waals surface area contributed by atoms with Gasteiger partial charge >= 0.3 is 0 Å². The average Bonchev–Trinajstić information content (AvgIpc) is 2.60. The second kappa shape index (κ2) is 7.91. The van der Waals surface area contributed by atoms with Crippen molar-refractivity contribution in [2.75, 3.05) is 19.0 Å². The third-order valence-corrected chi connectivity index (χ3v) is 4.76. The Bertz CT molecular complexity index is 876. The topological polar surface area (TPSA) is 102 Å². The van der Waals surface area contributed by atoms with E-state index in [1.54, 1.807) is 18.2 Å². The van der Waals surface area contributed by atoms with E-state index in [2.05, 4.69) is 10.0 Å². The molecule has 2 N–H and O–H groups in total. The van der Waals surface area contributed by atoms with E-state index in [0.29, 0.717) is 17.0 Å². The molecule has 0 spiro atoms. The molecule has 0 bridgehead atoms. The Hall–Kier alpha value is -2.71. The number of benzene rings is 2. The van der Waals surface area contributed by atoms with E-state index in [1.165, 1.54) is 44.4 Å². The number of sulfonamides is 1. The van der Waals surface area contributed by atoms with E-state index in [0.717, 1.165) is 0 Å². The van der Waals surface area contributed by atoms with Crippen LogP contribution < -0.4 is 14.8 Å². The molecule has 0 saturated heterocycles. The second-order valence-electron chi connectivity index (χ2n) is 5.19. The minimum atomic E-state index is -3.81. The van der Waals surface area contributed by atoms with Gasteiger partial charge in [-0.15, -0.1) is 0 Å². The van der Waals surface area contributed by atoms with Gasteiger partial charge in [0.1, 0.15) is 5.75 Å². The van der Waals surface area contributed by atoms with Crippen LogP contribution in [0, 0.1) is 0 Å². The maximum atomic E-state index is 12.2. The van der Waals surface area contributed by atoms with E-state index >= 15 is 0 Å². The summed E-state index contributed by atoms with van der Waals surface area (Å²) in [5.74, 6) is -0.142. The zero-order valence-corrected chi connectivity index (χ0v) is 14.6. The lowest BCUT2D eigenvalue weighted by Gasteiger charge is -2.09. The molecular formula is C17H18N2O5S. The molecule has 132 valence electrons. The van der Waals surface area contributed by atoms with E-state index in [4.69, 9.17) is 4.74 Å². The van der Waals surface area contributed by atoms with Crippen molar-refractivity contribution < 1.29 is 22.7 Å². The molecule has 0 aliphatic carbocycles. The van der Waals surface area contributed by atoms with Crippen molar-refractivity contribution in [2.45, 2.75) is 11.8 Å². The number of carbonyl (C=O) groups is 2. The van der Waals surface area contributed by atoms with Crippen LogP contribution >= 0.6 is 0 Å². The van der Waals surface area contributed by atoms with Crippen molar-refractivity contribution >= 4 is 27.4 Å². The summed E-state index contributed by atoms with van der Waals surface area (Å²) in [6.07, 6.45) is 0. The Kier molecular flexibility index (Phi) is 5.89. The van der Waals surface area contributed by atoms with Crippen LogP contribution in [0.2, 0.25) is 0 Å². The fraction of sp³-hybridized carbons (Fsp3) is 0.176. The highest BCUT2D eigenvalue weighted by atomic mass is 32.2. The number of methoxy groups -OCH3 is 1. The van der Waals surface area contributed by atoms with Gasteiger partial charge in [0.15, 0.2) is 5.78 Å². The van der Waals surface area contributed by atoms with Crippen LogP contribution in [-0.2, 0) is 14.8 Å². The molecule has 0 radical (unpaired) electrons. The largest absolute Gasteiger partial charge is 0.497 e. The van der Waals surface area contributed by atoms with Gasteiger partial charge in [-0.05, 0) is 43.3 Å². The van der Waals surface area contributed by atoms with E-state index in [9.17, 15) is 18.0 Å². The van der Waals surface area contributed by atoms with Crippen LogP contribution in [0.4, 0.5) is 5.69 Å². The number of hydrogen-bond acceptors (Lipinski definition) is 5. The number of Topliss-reactive ketones (excluding diaryl/α,β-unsaturated/α-hetero) is 1. The second-order valence-corrected chi connectivity index (χ2v) is 6.95. The monoisotopic (exact) mass is 362 g/mol. The standard InChI is InChI=1S/C17H18N2O5S/c1-12(20)13-4-3-5-14(10-13)19-17(21)11-18-25(22,23)16-8-6-15(24-2)7-9-16/h3-10,18H,11H2,1-2H3,(H,19,21). The molecule has 0 unspecified atom stereocenters. The summed E-state index contributed by atoms with van der Waals surface area (Å²) in [5.41, 5.74) is 0.873. The summed E-state index contributed by atoms with van der Waals surface area (Å²) in [7, 11) is -2.34. The summed E-state index contributed by atoms with van der Waals surface area (Å²) < 4.78 is 31.5. The van der Waals surface area contributed by atoms with Crippen molar-refractivity contribution in [3.63, 3.8) is 0 Å². The molecule has 2 aromatic rings. The van der Waals surface area contributed by atoms with Gasteiger partial charge in [0.05, 0.1) is 18.6 Å². The molecule has 1 amide bonds. The molecule has 8 heteroatoms. The number of hydrogen-bond donors (Lipinski definition) is 2.